The van der Waals surface area contributed by atoms with Crippen molar-refractivity contribution in [2.24, 2.45) is 0 Å². The molecule has 1 heterocycles. The third-order valence-electron chi connectivity index (χ3n) is 4.08. The van der Waals surface area contributed by atoms with Crippen LogP contribution < -0.4 is 5.32 Å². The molecule has 1 unspecified atom stereocenters. The molecule has 0 aromatic rings. The van der Waals surface area contributed by atoms with Crippen LogP contribution in [0.2, 0.25) is 0 Å². The molecule has 0 spiro atoms. The van der Waals surface area contributed by atoms with E-state index in [2.05, 4.69) is 11.9 Å². The first-order chi connectivity index (χ1) is 12.7. The number of amides is 2. The number of rotatable bonds is 9. The average molecular weight is 380 g/mol. The largest absolute Gasteiger partial charge is 0.467 e. The summed E-state index contributed by atoms with van der Waals surface area (Å²) in [6.07, 6.45) is 8.97. The van der Waals surface area contributed by atoms with E-state index in [-0.39, 0.29) is 5.91 Å². The maximum absolute atomic E-state index is 13.0. The van der Waals surface area contributed by atoms with Gasteiger partial charge in [0.15, 0.2) is 0 Å². The number of hydrogen-bond acceptors (Lipinski definition) is 5. The number of nitrogens with zero attached hydrogens (tertiary/aromatic N) is 1. The van der Waals surface area contributed by atoms with Gasteiger partial charge in [0.05, 0.1) is 7.11 Å². The maximum Gasteiger partial charge on any atom is 0.408 e. The van der Waals surface area contributed by atoms with Crippen molar-refractivity contribution in [3.8, 4) is 0 Å². The minimum absolute atomic E-state index is 0.339. The van der Waals surface area contributed by atoms with Crippen LogP contribution in [0.15, 0.2) is 24.9 Å². The number of ether oxygens (including phenoxy) is 2. The summed E-state index contributed by atoms with van der Waals surface area (Å²) in [6.45, 7) is 8.97. The van der Waals surface area contributed by atoms with Crippen LogP contribution in [-0.2, 0) is 19.1 Å². The van der Waals surface area contributed by atoms with E-state index in [4.69, 9.17) is 9.47 Å². The lowest BCUT2D eigenvalue weighted by molar-refractivity contribution is -0.150. The van der Waals surface area contributed by atoms with Gasteiger partial charge in [0.2, 0.25) is 5.91 Å². The van der Waals surface area contributed by atoms with E-state index < -0.39 is 29.7 Å². The van der Waals surface area contributed by atoms with Crippen LogP contribution in [0, 0.1) is 0 Å². The average Bonchev–Trinajstić information content (AvgIpc) is 3.07. The SMILES string of the molecule is C=CCCCCCC(NC(=O)OC(C)(C)C)C(=O)N1C=CC[C@H]1C(=O)OC. The molecule has 1 rings (SSSR count). The molecule has 0 aromatic heterocycles. The van der Waals surface area contributed by atoms with E-state index in [9.17, 15) is 14.4 Å². The van der Waals surface area contributed by atoms with E-state index in [1.165, 1.54) is 12.0 Å². The zero-order chi connectivity index (χ0) is 20.4. The molecule has 7 heteroatoms. The van der Waals surface area contributed by atoms with Gasteiger partial charge in [-0.3, -0.25) is 4.79 Å². The molecule has 1 N–H and O–H groups in total. The lowest BCUT2D eigenvalue weighted by Crippen LogP contribution is -2.51. The molecule has 0 fully saturated rings. The summed E-state index contributed by atoms with van der Waals surface area (Å²) in [6, 6.07) is -1.45. The zero-order valence-electron chi connectivity index (χ0n) is 16.8. The molecular formula is C20H32N2O5. The molecule has 0 radical (unpaired) electrons. The van der Waals surface area contributed by atoms with Crippen molar-refractivity contribution in [3.63, 3.8) is 0 Å². The summed E-state index contributed by atoms with van der Waals surface area (Å²) in [5.41, 5.74) is -0.663. The van der Waals surface area contributed by atoms with Gasteiger partial charge in [-0.1, -0.05) is 25.0 Å². The highest BCUT2D eigenvalue weighted by atomic mass is 16.6. The first kappa shape index (κ1) is 22.7. The van der Waals surface area contributed by atoms with Crippen molar-refractivity contribution in [1.29, 1.82) is 0 Å². The second-order valence-electron chi connectivity index (χ2n) is 7.53. The quantitative estimate of drug-likeness (QED) is 0.377. The van der Waals surface area contributed by atoms with Crippen LogP contribution in [0.4, 0.5) is 4.79 Å². The predicted octanol–water partition coefficient (Wildman–Crippen LogP) is 3.30. The topological polar surface area (TPSA) is 84.9 Å². The number of unbranched alkanes of at least 4 members (excludes halogenated alkanes) is 3. The molecule has 27 heavy (non-hydrogen) atoms. The Balaban J connectivity index is 2.79. The van der Waals surface area contributed by atoms with Crippen LogP contribution in [0.3, 0.4) is 0 Å². The van der Waals surface area contributed by atoms with Gasteiger partial charge in [-0.2, -0.15) is 0 Å². The standard InChI is InChI=1S/C20H32N2O5/c1-6-7-8-9-10-12-15(21-19(25)27-20(2,3)4)17(23)22-14-11-13-16(22)18(24)26-5/h6,11,14-16H,1,7-10,12-13H2,2-5H3,(H,21,25)/t15?,16-/m0/s1. The van der Waals surface area contributed by atoms with Crippen LogP contribution in [0.25, 0.3) is 0 Å². The molecule has 7 nitrogen and oxygen atoms in total. The molecule has 0 saturated carbocycles. The predicted molar refractivity (Wildman–Crippen MR) is 103 cm³/mol. The monoisotopic (exact) mass is 380 g/mol. The molecule has 2 atom stereocenters. The smallest absolute Gasteiger partial charge is 0.408 e. The minimum Gasteiger partial charge on any atom is -0.467 e. The fourth-order valence-electron chi connectivity index (χ4n) is 2.79. The Morgan fingerprint density at radius 2 is 2.00 bits per heavy atom. The van der Waals surface area contributed by atoms with Gasteiger partial charge in [-0.25, -0.2) is 9.59 Å². The Morgan fingerprint density at radius 1 is 1.30 bits per heavy atom. The van der Waals surface area contributed by atoms with E-state index in [1.54, 1.807) is 33.0 Å². The van der Waals surface area contributed by atoms with Crippen LogP contribution in [0.1, 0.15) is 59.3 Å². The lowest BCUT2D eigenvalue weighted by atomic mass is 10.1. The highest BCUT2D eigenvalue weighted by Crippen LogP contribution is 2.19. The van der Waals surface area contributed by atoms with E-state index in [0.29, 0.717) is 12.8 Å². The number of nitrogens with one attached hydrogen (secondary N) is 1. The molecular weight excluding hydrogens is 348 g/mol. The van der Waals surface area contributed by atoms with Crippen molar-refractivity contribution >= 4 is 18.0 Å². The highest BCUT2D eigenvalue weighted by molar-refractivity contribution is 5.91. The van der Waals surface area contributed by atoms with Crippen molar-refractivity contribution in [3.05, 3.63) is 24.9 Å². The third-order valence-corrected chi connectivity index (χ3v) is 4.08. The molecule has 1 aliphatic heterocycles. The third kappa shape index (κ3) is 7.85. The van der Waals surface area contributed by atoms with Gasteiger partial charge in [0.25, 0.3) is 0 Å². The van der Waals surface area contributed by atoms with Crippen molar-refractivity contribution < 1.29 is 23.9 Å². The second kappa shape index (κ2) is 10.7. The second-order valence-corrected chi connectivity index (χ2v) is 7.53. The highest BCUT2D eigenvalue weighted by Gasteiger charge is 2.36. The van der Waals surface area contributed by atoms with E-state index in [1.807, 2.05) is 6.08 Å². The lowest BCUT2D eigenvalue weighted by Gasteiger charge is -2.28. The molecule has 0 bridgehead atoms. The Morgan fingerprint density at radius 3 is 2.59 bits per heavy atom. The Kier molecular flexibility index (Phi) is 9.05. The molecule has 2 amide bonds. The van der Waals surface area contributed by atoms with Gasteiger partial charge in [-0.05, 0) is 46.5 Å². The number of carbonyl (C=O) groups excluding carboxylic acids is 3. The van der Waals surface area contributed by atoms with Gasteiger partial charge in [0.1, 0.15) is 17.7 Å². The Hall–Kier alpha value is -2.31. The summed E-state index contributed by atoms with van der Waals surface area (Å²) in [5.74, 6) is -0.816. The summed E-state index contributed by atoms with van der Waals surface area (Å²) in [5, 5.41) is 2.66. The summed E-state index contributed by atoms with van der Waals surface area (Å²) < 4.78 is 10.1. The number of carbonyl (C=O) groups is 3. The Bertz CT molecular complexity index is 565. The molecule has 1 aliphatic rings. The fourth-order valence-corrected chi connectivity index (χ4v) is 2.79. The van der Waals surface area contributed by atoms with Crippen molar-refractivity contribution in [2.45, 2.75) is 77.0 Å². The number of hydrogen-bond donors (Lipinski definition) is 1. The fraction of sp³-hybridized carbons (Fsp3) is 0.650. The van der Waals surface area contributed by atoms with Crippen molar-refractivity contribution in [1.82, 2.24) is 10.2 Å². The number of allylic oxidation sites excluding steroid dienone is 1. The normalized spacial score (nSPS) is 17.3. The summed E-state index contributed by atoms with van der Waals surface area (Å²) >= 11 is 0. The van der Waals surface area contributed by atoms with Crippen LogP contribution >= 0.6 is 0 Å². The molecule has 0 aromatic carbocycles. The van der Waals surface area contributed by atoms with Gasteiger partial charge in [0, 0.05) is 6.20 Å². The number of esters is 1. The van der Waals surface area contributed by atoms with Crippen LogP contribution in [-0.4, -0.2) is 47.7 Å². The van der Waals surface area contributed by atoms with Gasteiger partial charge < -0.3 is 19.7 Å². The van der Waals surface area contributed by atoms with Crippen LogP contribution in [0.5, 0.6) is 0 Å². The molecule has 152 valence electrons. The Labute approximate surface area is 161 Å². The zero-order valence-corrected chi connectivity index (χ0v) is 16.8. The minimum atomic E-state index is -0.765. The van der Waals surface area contributed by atoms with Gasteiger partial charge in [-0.15, -0.1) is 6.58 Å². The summed E-state index contributed by atoms with van der Waals surface area (Å²) in [4.78, 5) is 38.4. The van der Waals surface area contributed by atoms with E-state index >= 15 is 0 Å². The summed E-state index contributed by atoms with van der Waals surface area (Å²) in [7, 11) is 1.29. The molecule has 0 aliphatic carbocycles. The van der Waals surface area contributed by atoms with Gasteiger partial charge >= 0.3 is 12.1 Å². The first-order valence-corrected chi connectivity index (χ1v) is 9.36. The van der Waals surface area contributed by atoms with E-state index in [0.717, 1.165) is 25.7 Å². The molecule has 0 saturated heterocycles. The number of methoxy groups -OCH3 is 1. The maximum atomic E-state index is 13.0. The first-order valence-electron chi connectivity index (χ1n) is 9.36. The van der Waals surface area contributed by atoms with Crippen molar-refractivity contribution in [2.75, 3.05) is 7.11 Å². The number of alkyl carbamates (subject to hydrolysis) is 1.